The van der Waals surface area contributed by atoms with Gasteiger partial charge < -0.3 is 15.0 Å². The monoisotopic (exact) mass is 398 g/mol. The van der Waals surface area contributed by atoms with Crippen LogP contribution >= 0.6 is 15.9 Å². The van der Waals surface area contributed by atoms with E-state index in [0.29, 0.717) is 11.3 Å². The van der Waals surface area contributed by atoms with E-state index in [1.165, 1.54) is 0 Å². The second-order valence-electron chi connectivity index (χ2n) is 4.88. The number of halogens is 4. The first kappa shape index (κ1) is 16.3. The number of anilines is 1. The van der Waals surface area contributed by atoms with Crippen LogP contribution < -0.4 is 10.6 Å². The molecule has 5 nitrogen and oxygen atoms in total. The molecule has 0 saturated carbocycles. The summed E-state index contributed by atoms with van der Waals surface area (Å²) in [7, 11) is 0. The number of hydrogen-bond acceptors (Lipinski definition) is 2. The highest BCUT2D eigenvalue weighted by Crippen LogP contribution is 2.19. The third-order valence-corrected chi connectivity index (χ3v) is 3.65. The van der Waals surface area contributed by atoms with Crippen LogP contribution in [0.25, 0.3) is 5.65 Å². The number of carbonyl (C=O) groups excluding carboxylic acids is 1. The van der Waals surface area contributed by atoms with Crippen molar-refractivity contribution in [2.45, 2.75) is 6.54 Å². The van der Waals surface area contributed by atoms with Crippen LogP contribution in [-0.4, -0.2) is 15.4 Å². The number of carbonyl (C=O) groups is 1. The molecule has 2 heterocycles. The van der Waals surface area contributed by atoms with Crippen molar-refractivity contribution in [1.82, 2.24) is 14.7 Å². The van der Waals surface area contributed by atoms with E-state index in [-0.39, 0.29) is 6.54 Å². The van der Waals surface area contributed by atoms with Gasteiger partial charge >= 0.3 is 6.03 Å². The molecule has 0 atom stereocenters. The summed E-state index contributed by atoms with van der Waals surface area (Å²) in [5.74, 6) is -4.42. The summed E-state index contributed by atoms with van der Waals surface area (Å²) >= 11 is 3.34. The van der Waals surface area contributed by atoms with Crippen molar-refractivity contribution in [1.29, 1.82) is 0 Å². The summed E-state index contributed by atoms with van der Waals surface area (Å²) < 4.78 is 42.1. The van der Waals surface area contributed by atoms with Crippen molar-refractivity contribution < 1.29 is 18.0 Å². The minimum Gasteiger partial charge on any atom is -0.332 e. The van der Waals surface area contributed by atoms with Crippen LogP contribution in [0.5, 0.6) is 0 Å². The quantitative estimate of drug-likeness (QED) is 0.658. The average Bonchev–Trinajstić information content (AvgIpc) is 2.95. The summed E-state index contributed by atoms with van der Waals surface area (Å²) in [6.07, 6.45) is 3.53. The van der Waals surface area contributed by atoms with Crippen LogP contribution in [0.2, 0.25) is 0 Å². The van der Waals surface area contributed by atoms with E-state index in [4.69, 9.17) is 0 Å². The average molecular weight is 399 g/mol. The fourth-order valence-electron chi connectivity index (χ4n) is 2.06. The van der Waals surface area contributed by atoms with Crippen molar-refractivity contribution >= 4 is 33.3 Å². The molecule has 2 N–H and O–H groups in total. The highest BCUT2D eigenvalue weighted by Gasteiger charge is 2.15. The van der Waals surface area contributed by atoms with Gasteiger partial charge in [0.1, 0.15) is 5.65 Å². The molecular formula is C15H10BrF3N4O. The third kappa shape index (κ3) is 3.35. The third-order valence-electron chi connectivity index (χ3n) is 3.18. The number of hydrogen-bond donors (Lipinski definition) is 2. The molecule has 0 unspecified atom stereocenters. The van der Waals surface area contributed by atoms with Gasteiger partial charge in [-0.05, 0) is 40.2 Å². The molecular weight excluding hydrogens is 389 g/mol. The molecule has 2 amide bonds. The lowest BCUT2D eigenvalue weighted by atomic mass is 10.3. The maximum atomic E-state index is 13.5. The van der Waals surface area contributed by atoms with Gasteiger partial charge in [-0.3, -0.25) is 0 Å². The van der Waals surface area contributed by atoms with Crippen LogP contribution in [0.15, 0.2) is 41.1 Å². The summed E-state index contributed by atoms with van der Waals surface area (Å²) in [6.45, 7) is 0.0798. The standard InChI is InChI=1S/C15H10BrF3N4O/c16-8-1-4-12-21-9(7-23(12)6-8)5-20-15(24)22-11-3-2-10(17)13(18)14(11)19/h1-4,6-7H,5H2,(H2,20,22,24). The number of benzene rings is 1. The Morgan fingerprint density at radius 2 is 1.92 bits per heavy atom. The molecule has 9 heteroatoms. The van der Waals surface area contributed by atoms with E-state index >= 15 is 0 Å². The zero-order chi connectivity index (χ0) is 17.3. The normalized spacial score (nSPS) is 10.8. The summed E-state index contributed by atoms with van der Waals surface area (Å²) in [6, 6.07) is 4.53. The Bertz CT molecular complexity index is 928. The van der Waals surface area contributed by atoms with Crippen LogP contribution in [0, 0.1) is 17.5 Å². The van der Waals surface area contributed by atoms with Crippen LogP contribution in [0.3, 0.4) is 0 Å². The SMILES string of the molecule is O=C(NCc1cn2cc(Br)ccc2n1)Nc1ccc(F)c(F)c1F. The van der Waals surface area contributed by atoms with Gasteiger partial charge in [0.25, 0.3) is 0 Å². The van der Waals surface area contributed by atoms with Crippen LogP contribution in [-0.2, 0) is 6.54 Å². The smallest absolute Gasteiger partial charge is 0.319 e. The lowest BCUT2D eigenvalue weighted by Crippen LogP contribution is -2.28. The molecule has 0 aliphatic heterocycles. The molecule has 0 spiro atoms. The Hall–Kier alpha value is -2.55. The zero-order valence-electron chi connectivity index (χ0n) is 12.0. The van der Waals surface area contributed by atoms with E-state index in [1.54, 1.807) is 16.7 Å². The first-order valence-electron chi connectivity index (χ1n) is 6.75. The lowest BCUT2D eigenvalue weighted by Gasteiger charge is -2.08. The van der Waals surface area contributed by atoms with E-state index in [9.17, 15) is 18.0 Å². The fraction of sp³-hybridized carbons (Fsp3) is 0.0667. The van der Waals surface area contributed by atoms with Gasteiger partial charge in [0, 0.05) is 16.9 Å². The minimum absolute atomic E-state index is 0.0798. The van der Waals surface area contributed by atoms with Gasteiger partial charge in [0.2, 0.25) is 0 Å². The molecule has 3 aromatic rings. The Labute approximate surface area is 142 Å². The molecule has 24 heavy (non-hydrogen) atoms. The molecule has 124 valence electrons. The maximum absolute atomic E-state index is 13.5. The second-order valence-corrected chi connectivity index (χ2v) is 5.79. The molecule has 0 aliphatic rings. The van der Waals surface area contributed by atoms with Crippen molar-refractivity contribution in [3.63, 3.8) is 0 Å². The number of amides is 2. The van der Waals surface area contributed by atoms with Gasteiger partial charge in [0.15, 0.2) is 17.5 Å². The Kier molecular flexibility index (Phi) is 4.43. The van der Waals surface area contributed by atoms with Gasteiger partial charge in [-0.25, -0.2) is 22.9 Å². The molecule has 0 fully saturated rings. The predicted molar refractivity (Wildman–Crippen MR) is 85.1 cm³/mol. The Balaban J connectivity index is 1.65. The van der Waals surface area contributed by atoms with Gasteiger partial charge in [-0.1, -0.05) is 0 Å². The number of fused-ring (bicyclic) bond motifs is 1. The van der Waals surface area contributed by atoms with Gasteiger partial charge in [-0.2, -0.15) is 0 Å². The summed E-state index contributed by atoms with van der Waals surface area (Å²) in [4.78, 5) is 16.0. The lowest BCUT2D eigenvalue weighted by molar-refractivity contribution is 0.251. The molecule has 0 bridgehead atoms. The number of imidazole rings is 1. The first-order chi connectivity index (χ1) is 11.4. The van der Waals surface area contributed by atoms with Crippen LogP contribution in [0.4, 0.5) is 23.7 Å². The number of nitrogens with zero attached hydrogens (tertiary/aromatic N) is 2. The Morgan fingerprint density at radius 3 is 2.71 bits per heavy atom. The van der Waals surface area contributed by atoms with E-state index in [0.717, 1.165) is 16.6 Å². The molecule has 0 radical (unpaired) electrons. The highest BCUT2D eigenvalue weighted by atomic mass is 79.9. The molecule has 2 aromatic heterocycles. The maximum Gasteiger partial charge on any atom is 0.319 e. The van der Waals surface area contributed by atoms with Crippen molar-refractivity contribution in [3.05, 3.63) is 64.3 Å². The van der Waals surface area contributed by atoms with Gasteiger partial charge in [0.05, 0.1) is 17.9 Å². The number of rotatable bonds is 3. The second kappa shape index (κ2) is 6.52. The molecule has 1 aromatic carbocycles. The number of aromatic nitrogens is 2. The topological polar surface area (TPSA) is 58.4 Å². The summed E-state index contributed by atoms with van der Waals surface area (Å²) in [5, 5.41) is 4.58. The highest BCUT2D eigenvalue weighted by molar-refractivity contribution is 9.10. The van der Waals surface area contributed by atoms with E-state index < -0.39 is 29.2 Å². The number of urea groups is 1. The van der Waals surface area contributed by atoms with E-state index in [1.807, 2.05) is 12.3 Å². The van der Waals surface area contributed by atoms with E-state index in [2.05, 4.69) is 31.5 Å². The number of pyridine rings is 1. The first-order valence-corrected chi connectivity index (χ1v) is 7.55. The van der Waals surface area contributed by atoms with Crippen LogP contribution in [0.1, 0.15) is 5.69 Å². The fourth-order valence-corrected chi connectivity index (χ4v) is 2.41. The predicted octanol–water partition coefficient (Wildman–Crippen LogP) is 3.84. The number of nitrogens with one attached hydrogen (secondary N) is 2. The molecule has 0 saturated heterocycles. The van der Waals surface area contributed by atoms with Gasteiger partial charge in [-0.15, -0.1) is 0 Å². The van der Waals surface area contributed by atoms with Crippen molar-refractivity contribution in [2.75, 3.05) is 5.32 Å². The largest absolute Gasteiger partial charge is 0.332 e. The van der Waals surface area contributed by atoms with Crippen molar-refractivity contribution in [3.8, 4) is 0 Å². The molecule has 0 aliphatic carbocycles. The molecule has 3 rings (SSSR count). The Morgan fingerprint density at radius 1 is 1.12 bits per heavy atom. The summed E-state index contributed by atoms with van der Waals surface area (Å²) in [5.41, 5.74) is 0.821. The minimum atomic E-state index is -1.64. The van der Waals surface area contributed by atoms with Crippen molar-refractivity contribution in [2.24, 2.45) is 0 Å². The zero-order valence-corrected chi connectivity index (χ0v) is 13.6.